The molecule has 3 nitrogen and oxygen atoms in total. The fraction of sp³-hybridized carbons (Fsp3) is 0.429. The predicted molar refractivity (Wildman–Crippen MR) is 64.5 cm³/mol. The third kappa shape index (κ3) is 2.73. The van der Waals surface area contributed by atoms with Gasteiger partial charge >= 0.3 is 0 Å². The van der Waals surface area contributed by atoms with E-state index in [1.165, 1.54) is 0 Å². The molecule has 0 heterocycles. The van der Waals surface area contributed by atoms with E-state index in [1.54, 1.807) is 6.07 Å². The molecule has 0 aromatic heterocycles. The Balaban J connectivity index is 2.11. The van der Waals surface area contributed by atoms with Gasteiger partial charge in [0.2, 0.25) is 0 Å². The lowest BCUT2D eigenvalue weighted by Crippen LogP contribution is -2.12. The van der Waals surface area contributed by atoms with E-state index in [2.05, 4.69) is 0 Å². The predicted octanol–water partition coefficient (Wildman–Crippen LogP) is 2.56. The SMILES string of the molecule is CCC(=O)COc1ccc2c(c1)CCCC2=O. The maximum absolute atomic E-state index is 11.6. The Morgan fingerprint density at radius 2 is 2.18 bits per heavy atom. The zero-order valence-corrected chi connectivity index (χ0v) is 9.99. The van der Waals surface area contributed by atoms with Gasteiger partial charge in [0.15, 0.2) is 11.6 Å². The summed E-state index contributed by atoms with van der Waals surface area (Å²) in [5, 5.41) is 0. The van der Waals surface area contributed by atoms with Crippen molar-refractivity contribution in [3.8, 4) is 5.75 Å². The van der Waals surface area contributed by atoms with Crippen LogP contribution in [0, 0.1) is 0 Å². The molecule has 0 saturated heterocycles. The molecule has 1 aliphatic carbocycles. The fourth-order valence-corrected chi connectivity index (χ4v) is 1.98. The topological polar surface area (TPSA) is 43.4 Å². The number of fused-ring (bicyclic) bond motifs is 1. The molecule has 0 atom stereocenters. The van der Waals surface area contributed by atoms with E-state index in [9.17, 15) is 9.59 Å². The molecule has 0 bridgehead atoms. The van der Waals surface area contributed by atoms with Gasteiger partial charge in [-0.25, -0.2) is 0 Å². The van der Waals surface area contributed by atoms with Crippen LogP contribution in [0.15, 0.2) is 18.2 Å². The van der Waals surface area contributed by atoms with Crippen molar-refractivity contribution in [2.45, 2.75) is 32.6 Å². The van der Waals surface area contributed by atoms with E-state index in [1.807, 2.05) is 19.1 Å². The molecule has 1 aromatic rings. The van der Waals surface area contributed by atoms with Gasteiger partial charge in [-0.2, -0.15) is 0 Å². The minimum Gasteiger partial charge on any atom is -0.486 e. The highest BCUT2D eigenvalue weighted by Gasteiger charge is 2.17. The molecular formula is C14H16O3. The zero-order valence-electron chi connectivity index (χ0n) is 9.99. The van der Waals surface area contributed by atoms with E-state index in [0.717, 1.165) is 24.0 Å². The van der Waals surface area contributed by atoms with Crippen LogP contribution in [0.5, 0.6) is 5.75 Å². The van der Waals surface area contributed by atoms with E-state index >= 15 is 0 Å². The molecule has 0 spiro atoms. The van der Waals surface area contributed by atoms with Crippen LogP contribution in [0.4, 0.5) is 0 Å². The lowest BCUT2D eigenvalue weighted by atomic mass is 9.90. The highest BCUT2D eigenvalue weighted by Crippen LogP contribution is 2.25. The molecular weight excluding hydrogens is 216 g/mol. The van der Waals surface area contributed by atoms with E-state index in [0.29, 0.717) is 18.6 Å². The summed E-state index contributed by atoms with van der Waals surface area (Å²) in [5.41, 5.74) is 1.85. The first-order chi connectivity index (χ1) is 8.20. The molecule has 0 unspecified atom stereocenters. The van der Waals surface area contributed by atoms with Crippen molar-refractivity contribution in [1.82, 2.24) is 0 Å². The summed E-state index contributed by atoms with van der Waals surface area (Å²) in [5.74, 6) is 0.974. The number of benzene rings is 1. The van der Waals surface area contributed by atoms with Crippen LogP contribution in [-0.2, 0) is 11.2 Å². The first-order valence-electron chi connectivity index (χ1n) is 6.01. The normalized spacial score (nSPS) is 14.3. The minimum absolute atomic E-state index is 0.0822. The number of carbonyl (C=O) groups is 2. The number of hydrogen-bond donors (Lipinski definition) is 0. The van der Waals surface area contributed by atoms with Gasteiger partial charge in [0.1, 0.15) is 12.4 Å². The number of carbonyl (C=O) groups excluding carboxylic acids is 2. The average Bonchev–Trinajstić information content (AvgIpc) is 2.36. The molecule has 3 heteroatoms. The molecule has 1 aromatic carbocycles. The highest BCUT2D eigenvalue weighted by atomic mass is 16.5. The molecule has 2 rings (SSSR count). The molecule has 90 valence electrons. The highest BCUT2D eigenvalue weighted by molar-refractivity contribution is 5.98. The summed E-state index contributed by atoms with van der Waals surface area (Å²) < 4.78 is 5.40. The quantitative estimate of drug-likeness (QED) is 0.801. The standard InChI is InChI=1S/C14H16O3/c1-2-11(15)9-17-12-6-7-13-10(8-12)4-3-5-14(13)16/h6-8H,2-5,9H2,1H3. The van der Waals surface area contributed by atoms with Gasteiger partial charge in [0.05, 0.1) is 0 Å². The van der Waals surface area contributed by atoms with Crippen LogP contribution in [0.3, 0.4) is 0 Å². The molecule has 0 amide bonds. The Hall–Kier alpha value is -1.64. The monoisotopic (exact) mass is 232 g/mol. The molecule has 0 N–H and O–H groups in total. The van der Waals surface area contributed by atoms with Gasteiger partial charge in [0.25, 0.3) is 0 Å². The number of ether oxygens (including phenoxy) is 1. The van der Waals surface area contributed by atoms with Crippen molar-refractivity contribution in [2.75, 3.05) is 6.61 Å². The van der Waals surface area contributed by atoms with Gasteiger partial charge in [-0.1, -0.05) is 6.92 Å². The van der Waals surface area contributed by atoms with Crippen LogP contribution in [0.25, 0.3) is 0 Å². The number of Topliss-reactive ketones (excluding diaryl/α,β-unsaturated/α-hetero) is 2. The number of ketones is 2. The lowest BCUT2D eigenvalue weighted by Gasteiger charge is -2.15. The van der Waals surface area contributed by atoms with E-state index < -0.39 is 0 Å². The van der Waals surface area contributed by atoms with Crippen LogP contribution < -0.4 is 4.74 Å². The van der Waals surface area contributed by atoms with Gasteiger partial charge in [0, 0.05) is 18.4 Å². The molecule has 0 saturated carbocycles. The van der Waals surface area contributed by atoms with Crippen LogP contribution in [0.1, 0.15) is 42.1 Å². The van der Waals surface area contributed by atoms with Crippen molar-refractivity contribution in [3.63, 3.8) is 0 Å². The van der Waals surface area contributed by atoms with Crippen LogP contribution in [-0.4, -0.2) is 18.2 Å². The number of aryl methyl sites for hydroxylation is 1. The maximum atomic E-state index is 11.6. The van der Waals surface area contributed by atoms with Crippen molar-refractivity contribution in [3.05, 3.63) is 29.3 Å². The number of rotatable bonds is 4. The minimum atomic E-state index is 0.0822. The summed E-state index contributed by atoms with van der Waals surface area (Å²) in [6.45, 7) is 1.93. The summed E-state index contributed by atoms with van der Waals surface area (Å²) >= 11 is 0. The van der Waals surface area contributed by atoms with Crippen molar-refractivity contribution in [1.29, 1.82) is 0 Å². The average molecular weight is 232 g/mol. The lowest BCUT2D eigenvalue weighted by molar-refractivity contribution is -0.120. The largest absolute Gasteiger partial charge is 0.486 e. The third-order valence-electron chi connectivity index (χ3n) is 3.02. The second kappa shape index (κ2) is 5.13. The third-order valence-corrected chi connectivity index (χ3v) is 3.02. The summed E-state index contributed by atoms with van der Waals surface area (Å²) in [7, 11) is 0. The Kier molecular flexibility index (Phi) is 3.57. The Labute approximate surface area is 101 Å². The van der Waals surface area contributed by atoms with Crippen molar-refractivity contribution < 1.29 is 14.3 Å². The first kappa shape index (κ1) is 11.8. The number of hydrogen-bond acceptors (Lipinski definition) is 3. The van der Waals surface area contributed by atoms with Crippen LogP contribution in [0.2, 0.25) is 0 Å². The van der Waals surface area contributed by atoms with E-state index in [4.69, 9.17) is 4.74 Å². The Morgan fingerprint density at radius 1 is 1.35 bits per heavy atom. The van der Waals surface area contributed by atoms with Crippen molar-refractivity contribution >= 4 is 11.6 Å². The first-order valence-corrected chi connectivity index (χ1v) is 6.01. The summed E-state index contributed by atoms with van der Waals surface area (Å²) in [4.78, 5) is 22.8. The molecule has 0 aliphatic heterocycles. The van der Waals surface area contributed by atoms with Gasteiger partial charge in [-0.05, 0) is 36.6 Å². The van der Waals surface area contributed by atoms with Crippen molar-refractivity contribution in [2.24, 2.45) is 0 Å². The van der Waals surface area contributed by atoms with Gasteiger partial charge in [-0.15, -0.1) is 0 Å². The second-order valence-electron chi connectivity index (χ2n) is 4.28. The molecule has 1 aliphatic rings. The Bertz CT molecular complexity index is 449. The van der Waals surface area contributed by atoms with Gasteiger partial charge in [-0.3, -0.25) is 9.59 Å². The second-order valence-corrected chi connectivity index (χ2v) is 4.28. The molecule has 0 radical (unpaired) electrons. The smallest absolute Gasteiger partial charge is 0.169 e. The summed E-state index contributed by atoms with van der Waals surface area (Å²) in [6.07, 6.45) is 2.95. The molecule has 0 fully saturated rings. The molecule has 17 heavy (non-hydrogen) atoms. The van der Waals surface area contributed by atoms with Gasteiger partial charge < -0.3 is 4.74 Å². The Morgan fingerprint density at radius 3 is 2.94 bits per heavy atom. The maximum Gasteiger partial charge on any atom is 0.169 e. The van der Waals surface area contributed by atoms with Crippen LogP contribution >= 0.6 is 0 Å². The zero-order chi connectivity index (χ0) is 12.3. The fourth-order valence-electron chi connectivity index (χ4n) is 1.98. The summed E-state index contributed by atoms with van der Waals surface area (Å²) in [6, 6.07) is 5.46. The van der Waals surface area contributed by atoms with E-state index in [-0.39, 0.29) is 18.2 Å².